The fraction of sp³-hybridized carbons (Fsp3) is 0.476. The number of anilines is 4. The monoisotopic (exact) mass is 849 g/mol. The third kappa shape index (κ3) is 9.48. The van der Waals surface area contributed by atoms with Crippen LogP contribution in [0.2, 0.25) is 0 Å². The predicted octanol–water partition coefficient (Wildman–Crippen LogP) is 5.40. The van der Waals surface area contributed by atoms with Gasteiger partial charge in [-0.05, 0) is 95.5 Å². The number of aryl methyl sites for hydroxylation is 1. The second-order valence-corrected chi connectivity index (χ2v) is 16.6. The lowest BCUT2D eigenvalue weighted by Crippen LogP contribution is -2.59. The molecule has 3 aliphatic heterocycles. The minimum Gasteiger partial charge on any atom is -0.489 e. The molecule has 320 valence electrons. The first-order valence-corrected chi connectivity index (χ1v) is 20.4. The normalized spacial score (nSPS) is 22.9. The van der Waals surface area contributed by atoms with E-state index >= 15 is 0 Å². The van der Waals surface area contributed by atoms with Gasteiger partial charge in [-0.25, -0.2) is 4.98 Å². The Morgan fingerprint density at radius 1 is 1.08 bits per heavy atom. The lowest BCUT2D eigenvalue weighted by Gasteiger charge is -2.44. The standard InChI is InChI=1S/C42H50F3N9O5S/c1-7-27-15-30(54-40(60)53(39(58)41(54,5)6)31-17-32(42(43,44)45)34(18-46)47-19-31)11-13-35(27)59-26(4)22-51-20-24(2)52(25(3)21-51)23-37(56)49-29-10-8-9-28(16-29)48-33-12-14-36(55)50-38(33)57/h8-11,13,15-17,19,24-26,33,40,48,60H,7,12,14,20-23H2,1-6H3,(H,49,56)(H,50,55,57)/t24-,25+,26-,33?,40+/m1/s1. The number of thiol groups is 1. The number of piperidine rings is 1. The molecule has 0 radical (unpaired) electrons. The number of aromatic nitrogens is 1. The van der Waals surface area contributed by atoms with Gasteiger partial charge in [-0.2, -0.15) is 18.4 Å². The highest BCUT2D eigenvalue weighted by atomic mass is 32.1. The molecule has 1 aromatic heterocycles. The van der Waals surface area contributed by atoms with Crippen LogP contribution >= 0.6 is 12.6 Å². The Morgan fingerprint density at radius 3 is 2.43 bits per heavy atom. The van der Waals surface area contributed by atoms with Crippen molar-refractivity contribution in [2.45, 2.75) is 102 Å². The molecule has 0 aliphatic carbocycles. The zero-order chi connectivity index (χ0) is 43.7. The van der Waals surface area contributed by atoms with E-state index in [0.717, 1.165) is 22.7 Å². The highest BCUT2D eigenvalue weighted by Gasteiger charge is 2.52. The third-order valence-corrected chi connectivity index (χ3v) is 11.6. The van der Waals surface area contributed by atoms with E-state index in [9.17, 15) is 37.6 Å². The molecular weight excluding hydrogens is 800 g/mol. The molecule has 4 amide bonds. The van der Waals surface area contributed by atoms with E-state index in [-0.39, 0.29) is 54.6 Å². The number of nitriles is 1. The summed E-state index contributed by atoms with van der Waals surface area (Å²) in [6.45, 7) is 13.8. The maximum Gasteiger partial charge on any atom is 0.419 e. The fourth-order valence-corrected chi connectivity index (χ4v) is 8.90. The molecule has 14 nitrogen and oxygen atoms in total. The molecule has 2 aromatic carbocycles. The molecule has 1 unspecified atom stereocenters. The van der Waals surface area contributed by atoms with Crippen LogP contribution in [0.15, 0.2) is 54.7 Å². The number of pyridine rings is 1. The molecule has 3 aliphatic rings. The molecule has 0 spiro atoms. The molecule has 6 rings (SSSR count). The quantitative estimate of drug-likeness (QED) is 0.137. The maximum atomic E-state index is 13.8. The van der Waals surface area contributed by atoms with Crippen LogP contribution < -0.4 is 30.5 Å². The van der Waals surface area contributed by atoms with Gasteiger partial charge in [0, 0.05) is 55.2 Å². The maximum absolute atomic E-state index is 13.8. The number of rotatable bonds is 12. The summed E-state index contributed by atoms with van der Waals surface area (Å²) in [5.41, 5.74) is -1.55. The molecular formula is C42H50F3N9O5S. The average molecular weight is 850 g/mol. The number of nitrogens with one attached hydrogen (secondary N) is 3. The number of ether oxygens (including phenoxy) is 1. The number of halogens is 3. The van der Waals surface area contributed by atoms with Crippen molar-refractivity contribution in [2.75, 3.05) is 46.6 Å². The van der Waals surface area contributed by atoms with Gasteiger partial charge in [0.2, 0.25) is 17.7 Å². The topological polar surface area (TPSA) is 163 Å². The van der Waals surface area contributed by atoms with Crippen molar-refractivity contribution in [2.24, 2.45) is 0 Å². The van der Waals surface area contributed by atoms with Gasteiger partial charge in [0.05, 0.1) is 24.0 Å². The summed E-state index contributed by atoms with van der Waals surface area (Å²) >= 11 is 4.72. The molecule has 60 heavy (non-hydrogen) atoms. The number of amides is 4. The number of carbonyl (C=O) groups is 4. The first-order chi connectivity index (χ1) is 28.3. The second-order valence-electron chi connectivity index (χ2n) is 16.1. The Balaban J connectivity index is 1.05. The van der Waals surface area contributed by atoms with Gasteiger partial charge in [0.1, 0.15) is 29.5 Å². The van der Waals surface area contributed by atoms with Crippen molar-refractivity contribution in [3.05, 3.63) is 71.5 Å². The Morgan fingerprint density at radius 2 is 1.78 bits per heavy atom. The van der Waals surface area contributed by atoms with E-state index in [0.29, 0.717) is 55.3 Å². The molecule has 3 aromatic rings. The van der Waals surface area contributed by atoms with Crippen molar-refractivity contribution in [1.29, 1.82) is 5.26 Å². The summed E-state index contributed by atoms with van der Waals surface area (Å²) in [6, 6.07) is 14.5. The largest absolute Gasteiger partial charge is 0.489 e. The Labute approximate surface area is 352 Å². The fourth-order valence-electron chi connectivity index (χ4n) is 8.24. The second kappa shape index (κ2) is 17.7. The number of alkyl halides is 3. The minimum absolute atomic E-state index is 0.0677. The van der Waals surface area contributed by atoms with E-state index in [1.807, 2.05) is 26.0 Å². The van der Waals surface area contributed by atoms with Gasteiger partial charge in [-0.3, -0.25) is 39.2 Å². The van der Waals surface area contributed by atoms with Crippen LogP contribution in [0.1, 0.15) is 71.2 Å². The van der Waals surface area contributed by atoms with E-state index in [2.05, 4.69) is 44.6 Å². The van der Waals surface area contributed by atoms with Crippen LogP contribution in [0.4, 0.5) is 35.9 Å². The molecule has 3 saturated heterocycles. The van der Waals surface area contributed by atoms with E-state index in [1.165, 1.54) is 6.07 Å². The Hall–Kier alpha value is -5.38. The highest BCUT2D eigenvalue weighted by Crippen LogP contribution is 2.43. The van der Waals surface area contributed by atoms with Crippen LogP contribution in [0.25, 0.3) is 0 Å². The zero-order valence-electron chi connectivity index (χ0n) is 34.3. The van der Waals surface area contributed by atoms with Gasteiger partial charge >= 0.3 is 6.18 Å². The van der Waals surface area contributed by atoms with Crippen LogP contribution in [0, 0.1) is 11.3 Å². The smallest absolute Gasteiger partial charge is 0.419 e. The van der Waals surface area contributed by atoms with Gasteiger partial charge in [-0.1, -0.05) is 13.0 Å². The van der Waals surface area contributed by atoms with Crippen molar-refractivity contribution >= 4 is 59.0 Å². The van der Waals surface area contributed by atoms with Crippen molar-refractivity contribution < 1.29 is 37.1 Å². The number of carbonyl (C=O) groups excluding carboxylic acids is 4. The molecule has 3 N–H and O–H groups in total. The summed E-state index contributed by atoms with van der Waals surface area (Å²) in [4.78, 5) is 61.8. The summed E-state index contributed by atoms with van der Waals surface area (Å²) in [6.07, 6.45) is -2.72. The number of hydrogen-bond acceptors (Lipinski definition) is 12. The van der Waals surface area contributed by atoms with Crippen LogP contribution in [-0.4, -0.2) is 99.9 Å². The van der Waals surface area contributed by atoms with E-state index < -0.39 is 40.4 Å². The first kappa shape index (κ1) is 44.2. The zero-order valence-corrected chi connectivity index (χ0v) is 35.2. The van der Waals surface area contributed by atoms with Gasteiger partial charge in [-0.15, -0.1) is 12.6 Å². The lowest BCUT2D eigenvalue weighted by molar-refractivity contribution is -0.138. The number of piperazine rings is 1. The third-order valence-electron chi connectivity index (χ3n) is 11.1. The van der Waals surface area contributed by atoms with Crippen molar-refractivity contribution in [3.8, 4) is 11.8 Å². The summed E-state index contributed by atoms with van der Waals surface area (Å²) in [7, 11) is 0. The molecule has 3 fully saturated rings. The van der Waals surface area contributed by atoms with E-state index in [4.69, 9.17) is 17.4 Å². The number of imide groups is 1. The Kier molecular flexibility index (Phi) is 13.0. The molecule has 5 atom stereocenters. The number of hydrogen-bond donors (Lipinski definition) is 4. The van der Waals surface area contributed by atoms with Gasteiger partial charge in [0.25, 0.3) is 5.91 Å². The number of nitrogens with zero attached hydrogens (tertiary/aromatic N) is 6. The average Bonchev–Trinajstić information content (AvgIpc) is 3.35. The van der Waals surface area contributed by atoms with Crippen molar-refractivity contribution in [3.63, 3.8) is 0 Å². The lowest BCUT2D eigenvalue weighted by atomic mass is 10.0. The first-order valence-electron chi connectivity index (χ1n) is 19.9. The SMILES string of the molecule is CCc1cc(N2[C@@H](S)N(c3cnc(C#N)c(C(F)(F)F)c3)C(=O)C2(C)C)ccc1O[C@H](C)CN1C[C@@H](C)N(CC(=O)Nc2cccc(NC3CCC(=O)NC3=O)c2)[C@@H](C)C1. The number of benzene rings is 2. The summed E-state index contributed by atoms with van der Waals surface area (Å²) < 4.78 is 47.9. The molecule has 18 heteroatoms. The van der Waals surface area contributed by atoms with Gasteiger partial charge in [0.15, 0.2) is 11.2 Å². The predicted molar refractivity (Wildman–Crippen MR) is 224 cm³/mol. The van der Waals surface area contributed by atoms with E-state index in [1.54, 1.807) is 49.1 Å². The van der Waals surface area contributed by atoms with Crippen LogP contribution in [0.5, 0.6) is 5.75 Å². The molecule has 0 saturated carbocycles. The highest BCUT2D eigenvalue weighted by molar-refractivity contribution is 7.81. The molecule has 4 heterocycles. The minimum atomic E-state index is -4.85. The summed E-state index contributed by atoms with van der Waals surface area (Å²) in [5, 5.41) is 17.7. The van der Waals surface area contributed by atoms with Gasteiger partial charge < -0.3 is 20.3 Å². The van der Waals surface area contributed by atoms with Crippen LogP contribution in [0.3, 0.4) is 0 Å². The molecule has 0 bridgehead atoms. The van der Waals surface area contributed by atoms with Crippen molar-refractivity contribution in [1.82, 2.24) is 20.1 Å². The Bertz CT molecular complexity index is 2170. The summed E-state index contributed by atoms with van der Waals surface area (Å²) in [5.74, 6) is -0.627. The van der Waals surface area contributed by atoms with Crippen LogP contribution in [-0.2, 0) is 31.8 Å².